The maximum Gasteiger partial charge on any atom is 0.235 e. The van der Waals surface area contributed by atoms with Gasteiger partial charge in [0.25, 0.3) is 0 Å². The lowest BCUT2D eigenvalue weighted by Crippen LogP contribution is -1.98. The molecule has 0 spiro atoms. The van der Waals surface area contributed by atoms with Crippen LogP contribution in [-0.2, 0) is 6.61 Å². The van der Waals surface area contributed by atoms with Crippen molar-refractivity contribution in [1.29, 1.82) is 0 Å². The van der Waals surface area contributed by atoms with Gasteiger partial charge in [-0.2, -0.15) is 9.61 Å². The van der Waals surface area contributed by atoms with Gasteiger partial charge in [-0.3, -0.25) is 0 Å². The molecule has 0 saturated heterocycles. The SMILES string of the molecule is Fc1cc(-c2nnc3sc(COc4ccc(Cl)cc4Cl)nn23)c(Cl)cc1Cl. The van der Waals surface area contributed by atoms with Crippen LogP contribution in [-0.4, -0.2) is 19.8 Å². The number of halogens is 5. The second-order valence-electron chi connectivity index (χ2n) is 5.32. The summed E-state index contributed by atoms with van der Waals surface area (Å²) < 4.78 is 21.0. The summed E-state index contributed by atoms with van der Waals surface area (Å²) in [5.41, 5.74) is 0.338. The first-order chi connectivity index (χ1) is 12.9. The van der Waals surface area contributed by atoms with E-state index in [-0.39, 0.29) is 16.7 Å². The first-order valence-electron chi connectivity index (χ1n) is 7.36. The van der Waals surface area contributed by atoms with Crippen LogP contribution in [0.5, 0.6) is 5.75 Å². The summed E-state index contributed by atoms with van der Waals surface area (Å²) in [5, 5.41) is 14.2. The van der Waals surface area contributed by atoms with E-state index in [0.717, 1.165) is 0 Å². The number of nitrogens with zero attached hydrogens (tertiary/aromatic N) is 4. The van der Waals surface area contributed by atoms with E-state index in [1.54, 1.807) is 18.2 Å². The molecule has 0 aliphatic carbocycles. The molecule has 5 nitrogen and oxygen atoms in total. The minimum Gasteiger partial charge on any atom is -0.485 e. The molecule has 2 heterocycles. The standard InChI is InChI=1S/C16H7Cl4FN4OS/c17-7-1-2-13(11(20)3-7)26-6-14-24-25-15(22-23-16(25)27-14)8-4-12(21)10(19)5-9(8)18/h1-5H,6H2. The summed E-state index contributed by atoms with van der Waals surface area (Å²) in [4.78, 5) is 0.511. The molecule has 4 rings (SSSR count). The molecule has 0 saturated carbocycles. The maximum absolute atomic E-state index is 13.8. The molecule has 0 aliphatic rings. The highest BCUT2D eigenvalue weighted by atomic mass is 35.5. The number of benzene rings is 2. The highest BCUT2D eigenvalue weighted by Crippen LogP contribution is 2.33. The zero-order chi connectivity index (χ0) is 19.1. The van der Waals surface area contributed by atoms with Crippen molar-refractivity contribution in [3.63, 3.8) is 0 Å². The minimum atomic E-state index is -0.607. The molecule has 4 aromatic rings. The zero-order valence-electron chi connectivity index (χ0n) is 13.1. The first kappa shape index (κ1) is 18.7. The Balaban J connectivity index is 1.63. The van der Waals surface area contributed by atoms with Crippen LogP contribution in [0.15, 0.2) is 30.3 Å². The van der Waals surface area contributed by atoms with E-state index in [2.05, 4.69) is 15.3 Å². The van der Waals surface area contributed by atoms with E-state index in [1.807, 2.05) is 0 Å². The third-order valence-corrected chi connectivity index (χ3v) is 5.53. The van der Waals surface area contributed by atoms with Gasteiger partial charge in [0.05, 0.1) is 15.1 Å². The van der Waals surface area contributed by atoms with Gasteiger partial charge in [0.2, 0.25) is 4.96 Å². The van der Waals surface area contributed by atoms with Crippen molar-refractivity contribution in [3.8, 4) is 17.1 Å². The second kappa shape index (κ2) is 7.41. The quantitative estimate of drug-likeness (QED) is 0.339. The predicted molar refractivity (Wildman–Crippen MR) is 105 cm³/mol. The van der Waals surface area contributed by atoms with Crippen molar-refractivity contribution in [2.24, 2.45) is 0 Å². The molecule has 27 heavy (non-hydrogen) atoms. The normalized spacial score (nSPS) is 11.3. The Bertz CT molecular complexity index is 1160. The summed E-state index contributed by atoms with van der Waals surface area (Å²) in [6, 6.07) is 7.45. The Morgan fingerprint density at radius 1 is 1.00 bits per heavy atom. The van der Waals surface area contributed by atoms with E-state index >= 15 is 0 Å². The second-order valence-corrected chi connectivity index (χ2v) is 8.02. The largest absolute Gasteiger partial charge is 0.485 e. The highest BCUT2D eigenvalue weighted by molar-refractivity contribution is 7.16. The van der Waals surface area contributed by atoms with Gasteiger partial charge in [-0.1, -0.05) is 57.7 Å². The Morgan fingerprint density at radius 3 is 2.59 bits per heavy atom. The highest BCUT2D eigenvalue weighted by Gasteiger charge is 2.18. The van der Waals surface area contributed by atoms with Gasteiger partial charge in [0.15, 0.2) is 10.8 Å². The van der Waals surface area contributed by atoms with Crippen molar-refractivity contribution in [2.75, 3.05) is 0 Å². The summed E-state index contributed by atoms with van der Waals surface area (Å²) in [5.74, 6) is 0.177. The molecule has 0 N–H and O–H groups in total. The van der Waals surface area contributed by atoms with Crippen molar-refractivity contribution in [2.45, 2.75) is 6.61 Å². The van der Waals surface area contributed by atoms with E-state index in [4.69, 9.17) is 51.1 Å². The summed E-state index contributed by atoms with van der Waals surface area (Å²) >= 11 is 25.1. The van der Waals surface area contributed by atoms with E-state index in [0.29, 0.717) is 37.2 Å². The van der Waals surface area contributed by atoms with E-state index in [9.17, 15) is 4.39 Å². The fraction of sp³-hybridized carbons (Fsp3) is 0.0625. The molecule has 11 heteroatoms. The molecule has 0 amide bonds. The average Bonchev–Trinajstić information content (AvgIpc) is 3.18. The molecule has 2 aromatic heterocycles. The van der Waals surface area contributed by atoms with Crippen LogP contribution >= 0.6 is 57.7 Å². The van der Waals surface area contributed by atoms with E-state index in [1.165, 1.54) is 28.0 Å². The molecular formula is C16H7Cl4FN4OS. The third-order valence-electron chi connectivity index (χ3n) is 3.53. The lowest BCUT2D eigenvalue weighted by Gasteiger charge is -2.06. The Labute approximate surface area is 176 Å². The molecule has 2 aromatic carbocycles. The van der Waals surface area contributed by atoms with Gasteiger partial charge in [-0.25, -0.2) is 4.39 Å². The molecule has 0 atom stereocenters. The minimum absolute atomic E-state index is 0.0725. The number of rotatable bonds is 4. The Hall–Kier alpha value is -1.64. The van der Waals surface area contributed by atoms with Crippen molar-refractivity contribution in [3.05, 3.63) is 61.2 Å². The molecule has 0 unspecified atom stereocenters. The van der Waals surface area contributed by atoms with Crippen molar-refractivity contribution >= 4 is 62.7 Å². The monoisotopic (exact) mass is 462 g/mol. The number of fused-ring (bicyclic) bond motifs is 1. The molecular weight excluding hydrogens is 457 g/mol. The number of hydrogen-bond acceptors (Lipinski definition) is 5. The Morgan fingerprint density at radius 2 is 1.81 bits per heavy atom. The van der Waals surface area contributed by atoms with Crippen LogP contribution in [0, 0.1) is 5.82 Å². The maximum atomic E-state index is 13.8. The smallest absolute Gasteiger partial charge is 0.235 e. The fourth-order valence-corrected chi connectivity index (χ4v) is 3.99. The fourth-order valence-electron chi connectivity index (χ4n) is 2.31. The summed E-state index contributed by atoms with van der Waals surface area (Å²) in [6.07, 6.45) is 0. The Kier molecular flexibility index (Phi) is 5.13. The van der Waals surface area contributed by atoms with Gasteiger partial charge in [0.1, 0.15) is 18.2 Å². The van der Waals surface area contributed by atoms with Gasteiger partial charge in [0, 0.05) is 10.6 Å². The van der Waals surface area contributed by atoms with Crippen LogP contribution in [0.4, 0.5) is 4.39 Å². The number of hydrogen-bond donors (Lipinski definition) is 0. The van der Waals surface area contributed by atoms with Gasteiger partial charge in [-0.15, -0.1) is 10.2 Å². The molecule has 138 valence electrons. The average molecular weight is 464 g/mol. The lowest BCUT2D eigenvalue weighted by atomic mass is 10.2. The van der Waals surface area contributed by atoms with Crippen molar-refractivity contribution < 1.29 is 9.13 Å². The van der Waals surface area contributed by atoms with Crippen LogP contribution in [0.3, 0.4) is 0 Å². The summed E-state index contributed by atoms with van der Waals surface area (Å²) in [6.45, 7) is 0.164. The molecule has 0 bridgehead atoms. The topological polar surface area (TPSA) is 52.3 Å². The molecule has 0 fully saturated rings. The molecule has 0 aliphatic heterocycles. The van der Waals surface area contributed by atoms with Crippen LogP contribution in [0.2, 0.25) is 20.1 Å². The number of aromatic nitrogens is 4. The van der Waals surface area contributed by atoms with Crippen LogP contribution in [0.25, 0.3) is 16.3 Å². The number of ether oxygens (including phenoxy) is 1. The van der Waals surface area contributed by atoms with E-state index < -0.39 is 5.82 Å². The predicted octanol–water partition coefficient (Wildman–Crippen LogP) is 6.18. The first-order valence-corrected chi connectivity index (χ1v) is 9.69. The van der Waals surface area contributed by atoms with Gasteiger partial charge >= 0.3 is 0 Å². The lowest BCUT2D eigenvalue weighted by molar-refractivity contribution is 0.304. The van der Waals surface area contributed by atoms with Gasteiger partial charge in [-0.05, 0) is 30.3 Å². The third kappa shape index (κ3) is 3.70. The van der Waals surface area contributed by atoms with Gasteiger partial charge < -0.3 is 4.74 Å². The molecule has 0 radical (unpaired) electrons. The van der Waals surface area contributed by atoms with Crippen molar-refractivity contribution in [1.82, 2.24) is 19.8 Å². The van der Waals surface area contributed by atoms with Crippen LogP contribution in [0.1, 0.15) is 5.01 Å². The van der Waals surface area contributed by atoms with Crippen LogP contribution < -0.4 is 4.74 Å². The summed E-state index contributed by atoms with van der Waals surface area (Å²) in [7, 11) is 0. The zero-order valence-corrected chi connectivity index (χ0v) is 16.9.